The molecule has 0 bridgehead atoms. The summed E-state index contributed by atoms with van der Waals surface area (Å²) in [5.74, 6) is 1.07. The molecular weight excluding hydrogens is 364 g/mol. The number of aromatic nitrogens is 3. The summed E-state index contributed by atoms with van der Waals surface area (Å²) in [6.45, 7) is 2.01. The fraction of sp³-hybridized carbons (Fsp3) is 0.0870. The summed E-state index contributed by atoms with van der Waals surface area (Å²) in [5, 5.41) is 7.32. The van der Waals surface area contributed by atoms with E-state index >= 15 is 0 Å². The van der Waals surface area contributed by atoms with E-state index in [1.807, 2.05) is 85.8 Å². The van der Waals surface area contributed by atoms with Crippen molar-refractivity contribution in [2.45, 2.75) is 6.92 Å². The number of amides is 1. The molecular formula is C23H20N4O2. The van der Waals surface area contributed by atoms with Crippen molar-refractivity contribution in [3.05, 3.63) is 90.3 Å². The lowest BCUT2D eigenvalue weighted by Crippen LogP contribution is -2.14. The van der Waals surface area contributed by atoms with E-state index in [0.29, 0.717) is 11.5 Å². The molecule has 0 saturated heterocycles. The molecule has 144 valence electrons. The Morgan fingerprint density at radius 1 is 0.966 bits per heavy atom. The van der Waals surface area contributed by atoms with Gasteiger partial charge in [0.05, 0.1) is 12.8 Å². The van der Waals surface area contributed by atoms with Gasteiger partial charge in [0.15, 0.2) is 5.82 Å². The van der Waals surface area contributed by atoms with E-state index in [1.165, 1.54) is 0 Å². The molecule has 4 rings (SSSR count). The monoisotopic (exact) mass is 384 g/mol. The molecule has 1 amide bonds. The Hall–Kier alpha value is -3.93. The van der Waals surface area contributed by atoms with Gasteiger partial charge in [-0.15, -0.1) is 5.10 Å². The Labute approximate surface area is 168 Å². The van der Waals surface area contributed by atoms with Gasteiger partial charge in [-0.1, -0.05) is 42.0 Å². The molecule has 29 heavy (non-hydrogen) atoms. The molecule has 0 atom stereocenters. The average molecular weight is 384 g/mol. The van der Waals surface area contributed by atoms with Crippen molar-refractivity contribution in [1.29, 1.82) is 0 Å². The van der Waals surface area contributed by atoms with Crippen LogP contribution in [0.3, 0.4) is 0 Å². The van der Waals surface area contributed by atoms with Crippen LogP contribution in [0.25, 0.3) is 17.1 Å². The molecule has 0 spiro atoms. The number of ether oxygens (including phenoxy) is 1. The van der Waals surface area contributed by atoms with Crippen molar-refractivity contribution in [3.8, 4) is 22.8 Å². The fourth-order valence-corrected chi connectivity index (χ4v) is 2.99. The standard InChI is InChI=1S/C23H20N4O2/c1-16-7-6-8-17(15-16)22-25-21(23(28)24-18-9-4-3-5-10-18)26-27(22)19-11-13-20(29-2)14-12-19/h3-15H,1-2H3,(H,24,28). The first-order valence-corrected chi connectivity index (χ1v) is 9.19. The maximum Gasteiger partial charge on any atom is 0.295 e. The number of nitrogens with zero attached hydrogens (tertiary/aromatic N) is 3. The lowest BCUT2D eigenvalue weighted by atomic mass is 10.1. The Morgan fingerprint density at radius 2 is 1.72 bits per heavy atom. The normalized spacial score (nSPS) is 10.6. The van der Waals surface area contributed by atoms with Gasteiger partial charge in [-0.25, -0.2) is 9.67 Å². The lowest BCUT2D eigenvalue weighted by molar-refractivity contribution is 0.101. The van der Waals surface area contributed by atoms with Gasteiger partial charge in [0, 0.05) is 11.3 Å². The lowest BCUT2D eigenvalue weighted by Gasteiger charge is -2.07. The first-order valence-electron chi connectivity index (χ1n) is 9.19. The summed E-state index contributed by atoms with van der Waals surface area (Å²) in [5.41, 5.74) is 3.46. The number of methoxy groups -OCH3 is 1. The number of nitrogens with one attached hydrogen (secondary N) is 1. The van der Waals surface area contributed by atoms with Gasteiger partial charge in [0.25, 0.3) is 5.91 Å². The van der Waals surface area contributed by atoms with Crippen molar-refractivity contribution in [3.63, 3.8) is 0 Å². The van der Waals surface area contributed by atoms with Gasteiger partial charge in [-0.05, 0) is 49.4 Å². The fourth-order valence-electron chi connectivity index (χ4n) is 2.99. The van der Waals surface area contributed by atoms with Crippen molar-refractivity contribution in [2.24, 2.45) is 0 Å². The average Bonchev–Trinajstić information content (AvgIpc) is 3.20. The SMILES string of the molecule is COc1ccc(-n2nc(C(=O)Nc3ccccc3)nc2-c2cccc(C)c2)cc1. The van der Waals surface area contributed by atoms with Crippen LogP contribution >= 0.6 is 0 Å². The third kappa shape index (κ3) is 4.01. The summed E-state index contributed by atoms with van der Waals surface area (Å²) in [6.07, 6.45) is 0. The van der Waals surface area contributed by atoms with Crippen LogP contribution in [0.5, 0.6) is 5.75 Å². The highest BCUT2D eigenvalue weighted by atomic mass is 16.5. The summed E-state index contributed by atoms with van der Waals surface area (Å²) >= 11 is 0. The van der Waals surface area contributed by atoms with Crippen molar-refractivity contribution < 1.29 is 9.53 Å². The molecule has 0 unspecified atom stereocenters. The highest BCUT2D eigenvalue weighted by Gasteiger charge is 2.19. The van der Waals surface area contributed by atoms with Gasteiger partial charge in [0.2, 0.25) is 5.82 Å². The second-order valence-electron chi connectivity index (χ2n) is 6.56. The van der Waals surface area contributed by atoms with Crippen LogP contribution in [-0.2, 0) is 0 Å². The zero-order valence-corrected chi connectivity index (χ0v) is 16.2. The van der Waals surface area contributed by atoms with Crippen LogP contribution in [0.2, 0.25) is 0 Å². The van der Waals surface area contributed by atoms with Crippen LogP contribution in [0.4, 0.5) is 5.69 Å². The molecule has 6 heteroatoms. The van der Waals surface area contributed by atoms with Crippen molar-refractivity contribution in [1.82, 2.24) is 14.8 Å². The number of aryl methyl sites for hydroxylation is 1. The summed E-state index contributed by atoms with van der Waals surface area (Å²) < 4.78 is 6.91. The van der Waals surface area contributed by atoms with Crippen molar-refractivity contribution in [2.75, 3.05) is 12.4 Å². The topological polar surface area (TPSA) is 69.0 Å². The molecule has 6 nitrogen and oxygen atoms in total. The zero-order chi connectivity index (χ0) is 20.2. The molecule has 1 N–H and O–H groups in total. The van der Waals surface area contributed by atoms with Gasteiger partial charge >= 0.3 is 0 Å². The predicted octanol–water partition coefficient (Wildman–Crippen LogP) is 4.50. The minimum absolute atomic E-state index is 0.0983. The van der Waals surface area contributed by atoms with E-state index in [2.05, 4.69) is 15.4 Å². The molecule has 0 radical (unpaired) electrons. The van der Waals surface area contributed by atoms with Gasteiger partial charge in [0.1, 0.15) is 5.75 Å². The van der Waals surface area contributed by atoms with E-state index < -0.39 is 0 Å². The Kier molecular flexibility index (Phi) is 5.07. The number of carbonyl (C=O) groups is 1. The second kappa shape index (κ2) is 7.98. The number of hydrogen-bond donors (Lipinski definition) is 1. The number of anilines is 1. The van der Waals surface area contributed by atoms with Gasteiger partial charge in [-0.3, -0.25) is 4.79 Å². The number of benzene rings is 3. The first kappa shape index (κ1) is 18.4. The van der Waals surface area contributed by atoms with Crippen LogP contribution in [0.15, 0.2) is 78.9 Å². The van der Waals surface area contributed by atoms with Gasteiger partial charge < -0.3 is 10.1 Å². The largest absolute Gasteiger partial charge is 0.497 e. The predicted molar refractivity (Wildman–Crippen MR) is 112 cm³/mol. The van der Waals surface area contributed by atoms with E-state index in [-0.39, 0.29) is 11.7 Å². The van der Waals surface area contributed by atoms with Crippen LogP contribution < -0.4 is 10.1 Å². The van der Waals surface area contributed by atoms with E-state index in [0.717, 1.165) is 22.6 Å². The molecule has 4 aromatic rings. The van der Waals surface area contributed by atoms with E-state index in [1.54, 1.807) is 11.8 Å². The Bertz CT molecular complexity index is 1140. The Balaban J connectivity index is 1.76. The summed E-state index contributed by atoms with van der Waals surface area (Å²) in [7, 11) is 1.62. The summed E-state index contributed by atoms with van der Waals surface area (Å²) in [4.78, 5) is 17.3. The van der Waals surface area contributed by atoms with E-state index in [4.69, 9.17) is 4.74 Å². The smallest absolute Gasteiger partial charge is 0.295 e. The molecule has 0 aliphatic heterocycles. The molecule has 3 aromatic carbocycles. The number of rotatable bonds is 5. The first-order chi connectivity index (χ1) is 14.1. The molecule has 0 aliphatic rings. The maximum atomic E-state index is 12.7. The maximum absolute atomic E-state index is 12.7. The van der Waals surface area contributed by atoms with E-state index in [9.17, 15) is 4.79 Å². The minimum Gasteiger partial charge on any atom is -0.497 e. The highest BCUT2D eigenvalue weighted by Crippen LogP contribution is 2.24. The third-order valence-corrected chi connectivity index (χ3v) is 4.44. The third-order valence-electron chi connectivity index (χ3n) is 4.44. The number of hydrogen-bond acceptors (Lipinski definition) is 4. The highest BCUT2D eigenvalue weighted by molar-refractivity contribution is 6.01. The Morgan fingerprint density at radius 3 is 2.41 bits per heavy atom. The van der Waals surface area contributed by atoms with Crippen LogP contribution in [-0.4, -0.2) is 27.8 Å². The molecule has 0 fully saturated rings. The van der Waals surface area contributed by atoms with Crippen molar-refractivity contribution >= 4 is 11.6 Å². The molecule has 1 heterocycles. The van der Waals surface area contributed by atoms with Crippen LogP contribution in [0, 0.1) is 6.92 Å². The van der Waals surface area contributed by atoms with Gasteiger partial charge in [-0.2, -0.15) is 0 Å². The zero-order valence-electron chi connectivity index (χ0n) is 16.2. The minimum atomic E-state index is -0.364. The summed E-state index contributed by atoms with van der Waals surface area (Å²) in [6, 6.07) is 24.6. The molecule has 1 aromatic heterocycles. The second-order valence-corrected chi connectivity index (χ2v) is 6.56. The molecule has 0 saturated carbocycles. The number of para-hydroxylation sites is 1. The number of carbonyl (C=O) groups excluding carboxylic acids is 1. The van der Waals surface area contributed by atoms with Crippen LogP contribution in [0.1, 0.15) is 16.2 Å². The molecule has 0 aliphatic carbocycles. The quantitative estimate of drug-likeness (QED) is 0.550.